The number of hydrogen-bond donors (Lipinski definition) is 1. The van der Waals surface area contributed by atoms with Gasteiger partial charge in [-0.3, -0.25) is 4.90 Å². The second kappa shape index (κ2) is 5.41. The van der Waals surface area contributed by atoms with Crippen molar-refractivity contribution in [3.05, 3.63) is 71.8 Å². The van der Waals surface area contributed by atoms with Gasteiger partial charge in [-0.15, -0.1) is 0 Å². The predicted octanol–water partition coefficient (Wildman–Crippen LogP) is 2.53. The van der Waals surface area contributed by atoms with Crippen LogP contribution < -0.4 is 0 Å². The van der Waals surface area contributed by atoms with Gasteiger partial charge >= 0.3 is 0 Å². The van der Waals surface area contributed by atoms with Crippen LogP contribution in [0.15, 0.2) is 70.6 Å². The van der Waals surface area contributed by atoms with Gasteiger partial charge in [0.25, 0.3) is 0 Å². The minimum Gasteiger partial charge on any atom is -0.356 e. The number of rotatable bonds is 2. The normalized spacial score (nSPS) is 27.3. The lowest BCUT2D eigenvalue weighted by molar-refractivity contribution is -0.0758. The molecule has 0 aliphatic carbocycles. The summed E-state index contributed by atoms with van der Waals surface area (Å²) in [5.74, 6) is -0.711. The highest BCUT2D eigenvalue weighted by Gasteiger charge is 2.50. The van der Waals surface area contributed by atoms with E-state index in [1.54, 1.807) is 0 Å². The van der Waals surface area contributed by atoms with Gasteiger partial charge in [0.2, 0.25) is 5.85 Å². The van der Waals surface area contributed by atoms with E-state index in [4.69, 9.17) is 4.99 Å². The van der Waals surface area contributed by atoms with Crippen LogP contribution in [0.4, 0.5) is 0 Å². The van der Waals surface area contributed by atoms with Crippen LogP contribution >= 0.6 is 0 Å². The first-order chi connectivity index (χ1) is 11.2. The van der Waals surface area contributed by atoms with Crippen molar-refractivity contribution in [2.45, 2.75) is 12.3 Å². The van der Waals surface area contributed by atoms with Gasteiger partial charge < -0.3 is 5.11 Å². The molecule has 0 amide bonds. The summed E-state index contributed by atoms with van der Waals surface area (Å²) in [5, 5.41) is 11.2. The molecule has 0 spiro atoms. The average Bonchev–Trinajstić information content (AvgIpc) is 2.91. The second-order valence-corrected chi connectivity index (χ2v) is 6.11. The highest BCUT2D eigenvalue weighted by Crippen LogP contribution is 2.38. The summed E-state index contributed by atoms with van der Waals surface area (Å²) in [5.41, 5.74) is 2.90. The van der Waals surface area contributed by atoms with E-state index in [1.165, 1.54) is 0 Å². The lowest BCUT2D eigenvalue weighted by Gasteiger charge is -2.35. The zero-order chi connectivity index (χ0) is 15.9. The Hall–Kier alpha value is -2.30. The van der Waals surface area contributed by atoms with Crippen molar-refractivity contribution in [3.8, 4) is 0 Å². The summed E-state index contributed by atoms with van der Waals surface area (Å²) < 4.78 is 0. The molecule has 0 radical (unpaired) electrons. The standard InChI is InChI=1S/C19H19N3O/c1-22-13-12-16-17(14-8-4-2-5-9-14)20-18(21-19(16,22)23)15-10-6-3-7-11-15/h2-11,16,23H,12-13H2,1H3. The summed E-state index contributed by atoms with van der Waals surface area (Å²) in [6, 6.07) is 19.9. The molecule has 0 aromatic heterocycles. The van der Waals surface area contributed by atoms with Crippen molar-refractivity contribution in [3.63, 3.8) is 0 Å². The Morgan fingerprint density at radius 1 is 1.00 bits per heavy atom. The van der Waals surface area contributed by atoms with Crippen molar-refractivity contribution in [1.29, 1.82) is 0 Å². The third kappa shape index (κ3) is 2.31. The van der Waals surface area contributed by atoms with E-state index >= 15 is 0 Å². The molecule has 1 fully saturated rings. The highest BCUT2D eigenvalue weighted by atomic mass is 16.3. The quantitative estimate of drug-likeness (QED) is 0.927. The molecule has 2 aliphatic rings. The lowest BCUT2D eigenvalue weighted by atomic mass is 9.90. The van der Waals surface area contributed by atoms with Gasteiger partial charge in [0, 0.05) is 12.1 Å². The zero-order valence-electron chi connectivity index (χ0n) is 13.1. The first-order valence-corrected chi connectivity index (χ1v) is 7.91. The fourth-order valence-corrected chi connectivity index (χ4v) is 3.39. The first-order valence-electron chi connectivity index (χ1n) is 7.91. The number of nitrogens with zero attached hydrogens (tertiary/aromatic N) is 3. The number of benzene rings is 2. The number of amidine groups is 1. The SMILES string of the molecule is CN1CCC2C(c3ccccc3)=NC(c3ccccc3)=NC21O. The Kier molecular flexibility index (Phi) is 3.36. The average molecular weight is 305 g/mol. The van der Waals surface area contributed by atoms with Gasteiger partial charge in [-0.1, -0.05) is 60.7 Å². The lowest BCUT2D eigenvalue weighted by Crippen LogP contribution is -2.49. The summed E-state index contributed by atoms with van der Waals surface area (Å²) in [7, 11) is 1.92. The van der Waals surface area contributed by atoms with Gasteiger partial charge in [0.05, 0.1) is 11.6 Å². The maximum Gasteiger partial charge on any atom is 0.226 e. The van der Waals surface area contributed by atoms with Gasteiger partial charge in [-0.2, -0.15) is 0 Å². The van der Waals surface area contributed by atoms with Crippen LogP contribution in [0, 0.1) is 5.92 Å². The first kappa shape index (κ1) is 14.3. The number of likely N-dealkylation sites (tertiary alicyclic amines) is 1. The molecule has 116 valence electrons. The van der Waals surface area contributed by atoms with E-state index in [2.05, 4.69) is 4.99 Å². The minimum atomic E-state index is -1.21. The number of fused-ring (bicyclic) bond motifs is 1. The van der Waals surface area contributed by atoms with Crippen molar-refractivity contribution < 1.29 is 5.11 Å². The van der Waals surface area contributed by atoms with Crippen molar-refractivity contribution in [2.75, 3.05) is 13.6 Å². The molecule has 1 N–H and O–H groups in total. The monoisotopic (exact) mass is 305 g/mol. The molecule has 23 heavy (non-hydrogen) atoms. The highest BCUT2D eigenvalue weighted by molar-refractivity contribution is 6.15. The molecule has 4 heteroatoms. The maximum absolute atomic E-state index is 11.2. The van der Waals surface area contributed by atoms with E-state index < -0.39 is 5.85 Å². The van der Waals surface area contributed by atoms with Crippen LogP contribution in [0.1, 0.15) is 17.5 Å². The van der Waals surface area contributed by atoms with Gasteiger partial charge in [-0.25, -0.2) is 9.98 Å². The Labute approximate surface area is 135 Å². The molecule has 2 aliphatic heterocycles. The molecule has 0 bridgehead atoms. The van der Waals surface area contributed by atoms with E-state index in [0.29, 0.717) is 5.84 Å². The van der Waals surface area contributed by atoms with E-state index in [9.17, 15) is 5.11 Å². The molecule has 4 nitrogen and oxygen atoms in total. The molecular formula is C19H19N3O. The fourth-order valence-electron chi connectivity index (χ4n) is 3.39. The van der Waals surface area contributed by atoms with Crippen molar-refractivity contribution >= 4 is 11.5 Å². The number of hydrogen-bond acceptors (Lipinski definition) is 4. The van der Waals surface area contributed by atoms with E-state index in [0.717, 1.165) is 29.8 Å². The summed E-state index contributed by atoms with van der Waals surface area (Å²) >= 11 is 0. The third-order valence-electron chi connectivity index (χ3n) is 4.71. The van der Waals surface area contributed by atoms with Crippen LogP contribution in [0.5, 0.6) is 0 Å². The van der Waals surface area contributed by atoms with Crippen molar-refractivity contribution in [2.24, 2.45) is 15.9 Å². The molecular weight excluding hydrogens is 286 g/mol. The van der Waals surface area contributed by atoms with E-state index in [-0.39, 0.29) is 5.92 Å². The summed E-state index contributed by atoms with van der Waals surface area (Å²) in [4.78, 5) is 11.4. The Morgan fingerprint density at radius 2 is 1.61 bits per heavy atom. The van der Waals surface area contributed by atoms with E-state index in [1.807, 2.05) is 72.6 Å². The second-order valence-electron chi connectivity index (χ2n) is 6.11. The van der Waals surface area contributed by atoms with Crippen molar-refractivity contribution in [1.82, 2.24) is 4.90 Å². The molecule has 2 atom stereocenters. The Morgan fingerprint density at radius 3 is 2.26 bits per heavy atom. The smallest absolute Gasteiger partial charge is 0.226 e. The molecule has 2 unspecified atom stereocenters. The maximum atomic E-state index is 11.2. The molecule has 2 aromatic carbocycles. The van der Waals surface area contributed by atoms with Crippen LogP contribution in [0.3, 0.4) is 0 Å². The van der Waals surface area contributed by atoms with Crippen LogP contribution in [0.2, 0.25) is 0 Å². The third-order valence-corrected chi connectivity index (χ3v) is 4.71. The summed E-state index contributed by atoms with van der Waals surface area (Å²) in [6.07, 6.45) is 0.853. The van der Waals surface area contributed by atoms with Gasteiger partial charge in [-0.05, 0) is 19.0 Å². The molecule has 0 saturated carbocycles. The molecule has 2 heterocycles. The van der Waals surface area contributed by atoms with Crippen LogP contribution in [-0.2, 0) is 0 Å². The topological polar surface area (TPSA) is 48.2 Å². The largest absolute Gasteiger partial charge is 0.356 e. The molecule has 2 aromatic rings. The molecule has 1 saturated heterocycles. The molecule has 4 rings (SSSR count). The van der Waals surface area contributed by atoms with Gasteiger partial charge in [0.1, 0.15) is 0 Å². The van der Waals surface area contributed by atoms with Crippen LogP contribution in [0.25, 0.3) is 0 Å². The van der Waals surface area contributed by atoms with Gasteiger partial charge in [0.15, 0.2) is 5.84 Å². The fraction of sp³-hybridized carbons (Fsp3) is 0.263. The minimum absolute atomic E-state index is 0.0950. The number of aliphatic imine (C=N–C) groups is 2. The Bertz CT molecular complexity index is 770. The predicted molar refractivity (Wildman–Crippen MR) is 91.6 cm³/mol. The zero-order valence-corrected chi connectivity index (χ0v) is 13.1. The van der Waals surface area contributed by atoms with Crippen LogP contribution in [-0.4, -0.2) is 41.0 Å². The number of aliphatic hydroxyl groups is 1. The summed E-state index contributed by atoms with van der Waals surface area (Å²) in [6.45, 7) is 0.804. The Balaban J connectivity index is 1.88.